The van der Waals surface area contributed by atoms with E-state index >= 15 is 0 Å². The summed E-state index contributed by atoms with van der Waals surface area (Å²) in [6, 6.07) is 0.495. The first-order valence-electron chi connectivity index (χ1n) is 5.33. The summed E-state index contributed by atoms with van der Waals surface area (Å²) in [5.41, 5.74) is 0. The summed E-state index contributed by atoms with van der Waals surface area (Å²) in [6.45, 7) is 12.0. The Morgan fingerprint density at radius 3 is 2.08 bits per heavy atom. The van der Waals surface area contributed by atoms with Crippen molar-refractivity contribution in [3.05, 3.63) is 6.92 Å². The minimum absolute atomic E-state index is 0.495. The lowest BCUT2D eigenvalue weighted by Crippen LogP contribution is -2.33. The molecule has 0 heterocycles. The zero-order valence-corrected chi connectivity index (χ0v) is 9.71. The van der Waals surface area contributed by atoms with E-state index in [1.807, 2.05) is 0 Å². The molecule has 0 aromatic heterocycles. The second-order valence-electron chi connectivity index (χ2n) is 3.82. The fourth-order valence-corrected chi connectivity index (χ4v) is 1.57. The summed E-state index contributed by atoms with van der Waals surface area (Å²) in [7, 11) is 4.24. The molecule has 0 saturated heterocycles. The molecule has 0 fully saturated rings. The second-order valence-corrected chi connectivity index (χ2v) is 3.82. The zero-order valence-electron chi connectivity index (χ0n) is 9.71. The summed E-state index contributed by atoms with van der Waals surface area (Å²) in [4.78, 5) is 4.64. The Morgan fingerprint density at radius 2 is 1.69 bits per heavy atom. The third-order valence-electron chi connectivity index (χ3n) is 2.47. The van der Waals surface area contributed by atoms with Crippen LogP contribution in [0.5, 0.6) is 0 Å². The largest absolute Gasteiger partial charge is 0.309 e. The van der Waals surface area contributed by atoms with E-state index < -0.39 is 0 Å². The molecule has 0 aliphatic carbocycles. The van der Waals surface area contributed by atoms with Gasteiger partial charge in [0.2, 0.25) is 0 Å². The summed E-state index contributed by atoms with van der Waals surface area (Å²) >= 11 is 0. The Bertz CT molecular complexity index is 109. The molecule has 13 heavy (non-hydrogen) atoms. The van der Waals surface area contributed by atoms with Crippen molar-refractivity contribution in [2.45, 2.75) is 32.7 Å². The molecule has 2 heteroatoms. The summed E-state index contributed by atoms with van der Waals surface area (Å²) in [5, 5.41) is 0. The van der Waals surface area contributed by atoms with Gasteiger partial charge < -0.3 is 9.80 Å². The van der Waals surface area contributed by atoms with Gasteiger partial charge in [-0.05, 0) is 53.5 Å². The first kappa shape index (κ1) is 12.9. The van der Waals surface area contributed by atoms with E-state index in [1.54, 1.807) is 0 Å². The van der Waals surface area contributed by atoms with Crippen molar-refractivity contribution in [2.24, 2.45) is 0 Å². The van der Waals surface area contributed by atoms with Crippen LogP contribution in [0.25, 0.3) is 0 Å². The Hall–Kier alpha value is -0.0800. The Labute approximate surface area is 83.9 Å². The van der Waals surface area contributed by atoms with Crippen LogP contribution in [-0.2, 0) is 0 Å². The van der Waals surface area contributed by atoms with Crippen molar-refractivity contribution < 1.29 is 0 Å². The molecule has 0 aromatic rings. The van der Waals surface area contributed by atoms with Crippen LogP contribution in [0.1, 0.15) is 26.7 Å². The highest BCUT2D eigenvalue weighted by Crippen LogP contribution is 2.05. The maximum absolute atomic E-state index is 4.18. The standard InChI is InChI=1S/C11H25N2/c1-6-13(7-2)11(3)9-8-10-12(4)5/h11H,3,6-10H2,1-2,4-5H3. The van der Waals surface area contributed by atoms with Crippen LogP contribution in [0.3, 0.4) is 0 Å². The molecule has 0 aliphatic heterocycles. The maximum Gasteiger partial charge on any atom is 0.00960 e. The van der Waals surface area contributed by atoms with Gasteiger partial charge in [-0.1, -0.05) is 13.8 Å². The van der Waals surface area contributed by atoms with Gasteiger partial charge in [0.25, 0.3) is 0 Å². The molecule has 1 atom stereocenters. The summed E-state index contributed by atoms with van der Waals surface area (Å²) < 4.78 is 0. The van der Waals surface area contributed by atoms with E-state index in [4.69, 9.17) is 0 Å². The monoisotopic (exact) mass is 185 g/mol. The highest BCUT2D eigenvalue weighted by Gasteiger charge is 2.08. The van der Waals surface area contributed by atoms with Crippen molar-refractivity contribution in [1.82, 2.24) is 9.80 Å². The van der Waals surface area contributed by atoms with E-state index in [2.05, 4.69) is 44.7 Å². The predicted molar refractivity (Wildman–Crippen MR) is 59.9 cm³/mol. The lowest BCUT2D eigenvalue weighted by atomic mass is 10.1. The van der Waals surface area contributed by atoms with E-state index in [0.29, 0.717) is 6.04 Å². The van der Waals surface area contributed by atoms with Gasteiger partial charge in [0.15, 0.2) is 0 Å². The number of rotatable bonds is 7. The highest BCUT2D eigenvalue weighted by atomic mass is 15.1. The molecule has 0 spiro atoms. The van der Waals surface area contributed by atoms with Crippen LogP contribution in [0.15, 0.2) is 0 Å². The normalized spacial score (nSPS) is 14.1. The van der Waals surface area contributed by atoms with E-state index in [1.165, 1.54) is 19.4 Å². The highest BCUT2D eigenvalue weighted by molar-refractivity contribution is 4.72. The van der Waals surface area contributed by atoms with Gasteiger partial charge in [0.1, 0.15) is 0 Å². The maximum atomic E-state index is 4.18. The molecule has 1 radical (unpaired) electrons. The summed E-state index contributed by atoms with van der Waals surface area (Å²) in [6.07, 6.45) is 2.46. The second kappa shape index (κ2) is 7.34. The van der Waals surface area contributed by atoms with Crippen molar-refractivity contribution in [1.29, 1.82) is 0 Å². The third kappa shape index (κ3) is 6.05. The van der Waals surface area contributed by atoms with Gasteiger partial charge in [0, 0.05) is 6.04 Å². The third-order valence-corrected chi connectivity index (χ3v) is 2.47. The van der Waals surface area contributed by atoms with Crippen LogP contribution in [0, 0.1) is 6.92 Å². The molecule has 0 rings (SSSR count). The smallest absolute Gasteiger partial charge is 0.00960 e. The van der Waals surface area contributed by atoms with Gasteiger partial charge in [-0.25, -0.2) is 0 Å². The van der Waals surface area contributed by atoms with E-state index in [0.717, 1.165) is 13.1 Å². The zero-order chi connectivity index (χ0) is 10.3. The molecule has 2 nitrogen and oxygen atoms in total. The van der Waals surface area contributed by atoms with Gasteiger partial charge >= 0.3 is 0 Å². The molecule has 0 N–H and O–H groups in total. The van der Waals surface area contributed by atoms with Gasteiger partial charge in [-0.3, -0.25) is 0 Å². The quantitative estimate of drug-likeness (QED) is 0.597. The van der Waals surface area contributed by atoms with Crippen molar-refractivity contribution in [3.63, 3.8) is 0 Å². The lowest BCUT2D eigenvalue weighted by molar-refractivity contribution is 0.232. The molecular weight excluding hydrogens is 160 g/mol. The van der Waals surface area contributed by atoms with E-state index in [9.17, 15) is 0 Å². The van der Waals surface area contributed by atoms with Gasteiger partial charge in [-0.15, -0.1) is 0 Å². The Kier molecular flexibility index (Phi) is 7.29. The van der Waals surface area contributed by atoms with Crippen LogP contribution in [0.4, 0.5) is 0 Å². The van der Waals surface area contributed by atoms with E-state index in [-0.39, 0.29) is 0 Å². The molecule has 0 aromatic carbocycles. The predicted octanol–water partition coefficient (Wildman–Crippen LogP) is 1.87. The first-order chi connectivity index (χ1) is 6.11. The SMILES string of the molecule is [CH2]C(CCCN(C)C)N(CC)CC. The van der Waals surface area contributed by atoms with Gasteiger partial charge in [0.05, 0.1) is 0 Å². The van der Waals surface area contributed by atoms with Crippen molar-refractivity contribution >= 4 is 0 Å². The molecule has 1 unspecified atom stereocenters. The number of hydrogen-bond acceptors (Lipinski definition) is 2. The van der Waals surface area contributed by atoms with Gasteiger partial charge in [-0.2, -0.15) is 0 Å². The Balaban J connectivity index is 3.53. The topological polar surface area (TPSA) is 6.48 Å². The number of hydrogen-bond donors (Lipinski definition) is 0. The molecule has 79 valence electrons. The summed E-state index contributed by atoms with van der Waals surface area (Å²) in [5.74, 6) is 0. The molecule has 0 amide bonds. The minimum atomic E-state index is 0.495. The van der Waals surface area contributed by atoms with Crippen molar-refractivity contribution in [3.8, 4) is 0 Å². The molecule has 0 saturated carbocycles. The molecule has 0 bridgehead atoms. The fraction of sp³-hybridized carbons (Fsp3) is 0.909. The molecule has 0 aliphatic rings. The average molecular weight is 185 g/mol. The molecular formula is C11H25N2. The van der Waals surface area contributed by atoms with Crippen molar-refractivity contribution in [2.75, 3.05) is 33.7 Å². The average Bonchev–Trinajstić information content (AvgIpc) is 2.05. The lowest BCUT2D eigenvalue weighted by Gasteiger charge is -2.26. The van der Waals surface area contributed by atoms with Crippen LogP contribution in [-0.4, -0.2) is 49.6 Å². The van der Waals surface area contributed by atoms with Crippen LogP contribution >= 0.6 is 0 Å². The first-order valence-corrected chi connectivity index (χ1v) is 5.33. The fourth-order valence-electron chi connectivity index (χ4n) is 1.57. The van der Waals surface area contributed by atoms with Crippen LogP contribution < -0.4 is 0 Å². The van der Waals surface area contributed by atoms with Crippen LogP contribution in [0.2, 0.25) is 0 Å². The number of nitrogens with zero attached hydrogens (tertiary/aromatic N) is 2. The minimum Gasteiger partial charge on any atom is -0.309 e. The Morgan fingerprint density at radius 1 is 1.15 bits per heavy atom.